The largest absolute Gasteiger partial charge is 0.369 e. The maximum atomic E-state index is 12.6. The highest BCUT2D eigenvalue weighted by Gasteiger charge is 2.29. The summed E-state index contributed by atoms with van der Waals surface area (Å²) in [5, 5.41) is 10.8. The standard InChI is InChI=1S/C15H16N4O2S3/c16-11(20)8-22-14-18-19-15(24-14)23-12(9-4-2-1-3-5-9)13(21)17-10-6-7-10/h1-5,10,12H,6-8H2,(H2,16,20)(H,17,21)/t12-/m0/s1. The van der Waals surface area contributed by atoms with E-state index < -0.39 is 5.91 Å². The van der Waals surface area contributed by atoms with Crippen LogP contribution in [0.4, 0.5) is 0 Å². The summed E-state index contributed by atoms with van der Waals surface area (Å²) in [7, 11) is 0. The van der Waals surface area contributed by atoms with E-state index in [1.807, 2.05) is 30.3 Å². The Balaban J connectivity index is 1.71. The van der Waals surface area contributed by atoms with Crippen molar-refractivity contribution in [2.75, 3.05) is 5.75 Å². The topological polar surface area (TPSA) is 98.0 Å². The van der Waals surface area contributed by atoms with Crippen molar-refractivity contribution in [1.29, 1.82) is 0 Å². The predicted molar refractivity (Wildman–Crippen MR) is 96.0 cm³/mol. The van der Waals surface area contributed by atoms with E-state index in [2.05, 4.69) is 15.5 Å². The van der Waals surface area contributed by atoms with E-state index in [4.69, 9.17) is 5.73 Å². The lowest BCUT2D eigenvalue weighted by atomic mass is 10.1. The van der Waals surface area contributed by atoms with Gasteiger partial charge in [0.2, 0.25) is 11.8 Å². The van der Waals surface area contributed by atoms with Crippen LogP contribution in [0.5, 0.6) is 0 Å². The van der Waals surface area contributed by atoms with Crippen LogP contribution in [0.25, 0.3) is 0 Å². The Labute approximate surface area is 152 Å². The molecule has 1 atom stereocenters. The number of rotatable bonds is 8. The fourth-order valence-corrected chi connectivity index (χ4v) is 4.90. The number of nitrogens with one attached hydrogen (secondary N) is 1. The average molecular weight is 381 g/mol. The number of nitrogens with zero attached hydrogens (tertiary/aromatic N) is 2. The van der Waals surface area contributed by atoms with Gasteiger partial charge in [-0.1, -0.05) is 65.2 Å². The minimum Gasteiger partial charge on any atom is -0.369 e. The number of amides is 2. The molecule has 0 aliphatic heterocycles. The first kappa shape index (κ1) is 17.2. The van der Waals surface area contributed by atoms with Crippen molar-refractivity contribution in [2.24, 2.45) is 5.73 Å². The normalized spacial score (nSPS) is 15.0. The molecule has 1 aliphatic rings. The number of hydrogen-bond donors (Lipinski definition) is 2. The summed E-state index contributed by atoms with van der Waals surface area (Å²) in [5.41, 5.74) is 6.07. The molecule has 1 aromatic heterocycles. The van der Waals surface area contributed by atoms with Crippen LogP contribution in [-0.2, 0) is 9.59 Å². The Morgan fingerprint density at radius 1 is 1.25 bits per heavy atom. The van der Waals surface area contributed by atoms with Gasteiger partial charge in [0.05, 0.1) is 5.75 Å². The van der Waals surface area contributed by atoms with Gasteiger partial charge in [0.15, 0.2) is 8.68 Å². The zero-order chi connectivity index (χ0) is 16.9. The number of nitrogens with two attached hydrogens (primary N) is 1. The number of primary amides is 1. The Hall–Kier alpha value is -1.58. The van der Waals surface area contributed by atoms with Crippen molar-refractivity contribution in [3.05, 3.63) is 35.9 Å². The van der Waals surface area contributed by atoms with Gasteiger partial charge in [-0.2, -0.15) is 0 Å². The SMILES string of the molecule is NC(=O)CSc1nnc(S[C@H](C(=O)NC2CC2)c2ccccc2)s1. The van der Waals surface area contributed by atoms with Crippen LogP contribution in [0.3, 0.4) is 0 Å². The Kier molecular flexibility index (Phi) is 5.75. The summed E-state index contributed by atoms with van der Waals surface area (Å²) in [4.78, 5) is 23.4. The first-order chi connectivity index (χ1) is 11.6. The first-order valence-corrected chi connectivity index (χ1v) is 10.1. The van der Waals surface area contributed by atoms with E-state index in [-0.39, 0.29) is 16.9 Å². The Bertz CT molecular complexity index is 719. The molecule has 126 valence electrons. The van der Waals surface area contributed by atoms with Crippen molar-refractivity contribution in [1.82, 2.24) is 15.5 Å². The van der Waals surface area contributed by atoms with E-state index in [1.165, 1.54) is 34.9 Å². The van der Waals surface area contributed by atoms with Gasteiger partial charge in [-0.25, -0.2) is 0 Å². The molecule has 24 heavy (non-hydrogen) atoms. The molecule has 1 heterocycles. The van der Waals surface area contributed by atoms with E-state index in [1.54, 1.807) is 0 Å². The molecule has 1 fully saturated rings. The first-order valence-electron chi connectivity index (χ1n) is 7.38. The number of carbonyl (C=O) groups excluding carboxylic acids is 2. The monoisotopic (exact) mass is 380 g/mol. The highest BCUT2D eigenvalue weighted by atomic mass is 32.2. The van der Waals surface area contributed by atoms with Gasteiger partial charge in [-0.05, 0) is 18.4 Å². The summed E-state index contributed by atoms with van der Waals surface area (Å²) in [5.74, 6) is -0.227. The van der Waals surface area contributed by atoms with Gasteiger partial charge in [0.1, 0.15) is 5.25 Å². The van der Waals surface area contributed by atoms with Crippen molar-refractivity contribution in [2.45, 2.75) is 32.8 Å². The molecule has 2 aromatic rings. The number of carbonyl (C=O) groups is 2. The second kappa shape index (κ2) is 8.00. The molecule has 0 saturated heterocycles. The number of benzene rings is 1. The summed E-state index contributed by atoms with van der Waals surface area (Å²) < 4.78 is 1.37. The fourth-order valence-electron chi connectivity index (χ4n) is 1.94. The van der Waals surface area contributed by atoms with Gasteiger partial charge in [-0.3, -0.25) is 9.59 Å². The lowest BCUT2D eigenvalue weighted by Gasteiger charge is -2.15. The molecule has 6 nitrogen and oxygen atoms in total. The third-order valence-corrected chi connectivity index (χ3v) is 6.63. The molecule has 0 radical (unpaired) electrons. The van der Waals surface area contributed by atoms with Gasteiger partial charge in [0.25, 0.3) is 0 Å². The molecule has 0 bridgehead atoms. The van der Waals surface area contributed by atoms with Crippen LogP contribution < -0.4 is 11.1 Å². The van der Waals surface area contributed by atoms with Crippen LogP contribution in [0, 0.1) is 0 Å². The predicted octanol–water partition coefficient (Wildman–Crippen LogP) is 2.23. The zero-order valence-electron chi connectivity index (χ0n) is 12.7. The summed E-state index contributed by atoms with van der Waals surface area (Å²) in [6.45, 7) is 0. The minimum absolute atomic E-state index is 0.00441. The van der Waals surface area contributed by atoms with Crippen LogP contribution in [0.2, 0.25) is 0 Å². The van der Waals surface area contributed by atoms with E-state index >= 15 is 0 Å². The van der Waals surface area contributed by atoms with Gasteiger partial charge in [0, 0.05) is 6.04 Å². The summed E-state index contributed by atoms with van der Waals surface area (Å²) in [6, 6.07) is 9.94. The average Bonchev–Trinajstić information content (AvgIpc) is 3.27. The maximum Gasteiger partial charge on any atom is 0.238 e. The molecule has 2 amide bonds. The quantitative estimate of drug-likeness (QED) is 0.682. The number of aromatic nitrogens is 2. The molecule has 9 heteroatoms. The molecule has 3 N–H and O–H groups in total. The molecule has 1 saturated carbocycles. The highest BCUT2D eigenvalue weighted by molar-refractivity contribution is 8.04. The second-order valence-electron chi connectivity index (χ2n) is 5.28. The van der Waals surface area contributed by atoms with Crippen molar-refractivity contribution in [3.63, 3.8) is 0 Å². The molecular formula is C15H16N4O2S3. The lowest BCUT2D eigenvalue weighted by molar-refractivity contribution is -0.120. The molecule has 0 spiro atoms. The zero-order valence-corrected chi connectivity index (χ0v) is 15.1. The third-order valence-electron chi connectivity index (χ3n) is 3.21. The van der Waals surface area contributed by atoms with Crippen LogP contribution in [0.15, 0.2) is 39.0 Å². The molecule has 0 unspecified atom stereocenters. The highest BCUT2D eigenvalue weighted by Crippen LogP contribution is 2.39. The van der Waals surface area contributed by atoms with E-state index in [0.29, 0.717) is 14.7 Å². The van der Waals surface area contributed by atoms with Crippen LogP contribution >= 0.6 is 34.9 Å². The van der Waals surface area contributed by atoms with Crippen molar-refractivity contribution < 1.29 is 9.59 Å². The Morgan fingerprint density at radius 2 is 1.96 bits per heavy atom. The molecule has 3 rings (SSSR count). The van der Waals surface area contributed by atoms with E-state index in [0.717, 1.165) is 18.4 Å². The minimum atomic E-state index is -0.393. The summed E-state index contributed by atoms with van der Waals surface area (Å²) >= 11 is 4.00. The second-order valence-corrected chi connectivity index (χ2v) is 8.83. The van der Waals surface area contributed by atoms with Gasteiger partial charge in [-0.15, -0.1) is 10.2 Å². The number of thioether (sulfide) groups is 2. The van der Waals surface area contributed by atoms with Crippen molar-refractivity contribution in [3.8, 4) is 0 Å². The summed E-state index contributed by atoms with van der Waals surface area (Å²) in [6.07, 6.45) is 2.09. The van der Waals surface area contributed by atoms with Crippen LogP contribution in [-0.4, -0.2) is 33.8 Å². The van der Waals surface area contributed by atoms with Crippen molar-refractivity contribution >= 4 is 46.7 Å². The maximum absolute atomic E-state index is 12.6. The van der Waals surface area contributed by atoms with Gasteiger partial charge < -0.3 is 11.1 Å². The van der Waals surface area contributed by atoms with E-state index in [9.17, 15) is 9.59 Å². The lowest BCUT2D eigenvalue weighted by Crippen LogP contribution is -2.29. The fraction of sp³-hybridized carbons (Fsp3) is 0.333. The Morgan fingerprint density at radius 3 is 2.62 bits per heavy atom. The molecule has 1 aliphatic carbocycles. The number of hydrogen-bond acceptors (Lipinski definition) is 7. The molecule has 1 aromatic carbocycles. The van der Waals surface area contributed by atoms with Crippen LogP contribution in [0.1, 0.15) is 23.7 Å². The molecular weight excluding hydrogens is 364 g/mol. The third kappa shape index (κ3) is 4.96. The van der Waals surface area contributed by atoms with Gasteiger partial charge >= 0.3 is 0 Å². The smallest absolute Gasteiger partial charge is 0.238 e.